The highest BCUT2D eigenvalue weighted by atomic mass is 32.1. The molecule has 2 N–H and O–H groups in total. The number of hydrogen-bond donors (Lipinski definition) is 2. The SMILES string of the molecule is O=C(NC1CCCCC1)c1c(N=Cc2cccc(O)c2)sc2c1CCCC2. The summed E-state index contributed by atoms with van der Waals surface area (Å²) in [5.74, 6) is 0.268. The zero-order chi connectivity index (χ0) is 18.6. The number of carbonyl (C=O) groups excluding carboxylic acids is 1. The molecule has 0 saturated heterocycles. The number of phenolic OH excluding ortho intramolecular Hbond substituents is 1. The number of carbonyl (C=O) groups is 1. The molecule has 0 spiro atoms. The highest BCUT2D eigenvalue weighted by molar-refractivity contribution is 7.16. The third-order valence-electron chi connectivity index (χ3n) is 5.52. The Kier molecular flexibility index (Phi) is 5.58. The molecule has 2 aromatic rings. The molecule has 1 amide bonds. The van der Waals surface area contributed by atoms with Crippen LogP contribution in [0.15, 0.2) is 29.3 Å². The summed E-state index contributed by atoms with van der Waals surface area (Å²) in [5, 5.41) is 13.7. The Morgan fingerprint density at radius 2 is 1.96 bits per heavy atom. The van der Waals surface area contributed by atoms with Crippen LogP contribution in [0.3, 0.4) is 0 Å². The van der Waals surface area contributed by atoms with Gasteiger partial charge in [-0.15, -0.1) is 11.3 Å². The van der Waals surface area contributed by atoms with Crippen molar-refractivity contribution < 1.29 is 9.90 Å². The average Bonchev–Trinajstić information content (AvgIpc) is 3.06. The Balaban J connectivity index is 1.62. The number of nitrogens with zero attached hydrogens (tertiary/aromatic N) is 1. The molecule has 27 heavy (non-hydrogen) atoms. The summed E-state index contributed by atoms with van der Waals surface area (Å²) in [7, 11) is 0. The molecular formula is C22H26N2O2S. The van der Waals surface area contributed by atoms with Crippen molar-refractivity contribution in [2.24, 2.45) is 4.99 Å². The maximum atomic E-state index is 13.1. The topological polar surface area (TPSA) is 61.7 Å². The number of aliphatic imine (C=N–C) groups is 1. The summed E-state index contributed by atoms with van der Waals surface area (Å²) in [6.07, 6.45) is 11.9. The van der Waals surface area contributed by atoms with E-state index in [1.807, 2.05) is 6.07 Å². The van der Waals surface area contributed by atoms with Gasteiger partial charge in [-0.05, 0) is 61.8 Å². The molecule has 142 valence electrons. The molecular weight excluding hydrogens is 356 g/mol. The lowest BCUT2D eigenvalue weighted by Gasteiger charge is -2.23. The highest BCUT2D eigenvalue weighted by Crippen LogP contribution is 2.40. The van der Waals surface area contributed by atoms with Crippen molar-refractivity contribution >= 4 is 28.5 Å². The fourth-order valence-electron chi connectivity index (χ4n) is 4.12. The zero-order valence-electron chi connectivity index (χ0n) is 15.5. The lowest BCUT2D eigenvalue weighted by molar-refractivity contribution is 0.0927. The van der Waals surface area contributed by atoms with E-state index >= 15 is 0 Å². The molecule has 1 aromatic heterocycles. The van der Waals surface area contributed by atoms with E-state index in [1.54, 1.807) is 35.8 Å². The Morgan fingerprint density at radius 3 is 2.78 bits per heavy atom. The predicted molar refractivity (Wildman–Crippen MR) is 111 cm³/mol. The fourth-order valence-corrected chi connectivity index (χ4v) is 5.35. The second-order valence-corrected chi connectivity index (χ2v) is 8.64. The lowest BCUT2D eigenvalue weighted by atomic mass is 9.93. The third kappa shape index (κ3) is 4.24. The summed E-state index contributed by atoms with van der Waals surface area (Å²) >= 11 is 1.65. The molecule has 0 bridgehead atoms. The molecule has 4 rings (SSSR count). The van der Waals surface area contributed by atoms with Gasteiger partial charge in [-0.3, -0.25) is 4.79 Å². The number of benzene rings is 1. The van der Waals surface area contributed by atoms with E-state index < -0.39 is 0 Å². The molecule has 0 atom stereocenters. The largest absolute Gasteiger partial charge is 0.508 e. The van der Waals surface area contributed by atoms with E-state index in [4.69, 9.17) is 0 Å². The maximum absolute atomic E-state index is 13.1. The monoisotopic (exact) mass is 382 g/mol. The molecule has 5 heteroatoms. The van der Waals surface area contributed by atoms with Gasteiger partial charge in [0, 0.05) is 17.1 Å². The van der Waals surface area contributed by atoms with Gasteiger partial charge in [-0.2, -0.15) is 0 Å². The van der Waals surface area contributed by atoms with Crippen LogP contribution in [-0.4, -0.2) is 23.3 Å². The number of thiophene rings is 1. The van der Waals surface area contributed by atoms with E-state index in [0.717, 1.165) is 48.2 Å². The van der Waals surface area contributed by atoms with Crippen molar-refractivity contribution in [1.29, 1.82) is 0 Å². The smallest absolute Gasteiger partial charge is 0.254 e. The molecule has 4 nitrogen and oxygen atoms in total. The van der Waals surface area contributed by atoms with Crippen molar-refractivity contribution in [3.63, 3.8) is 0 Å². The number of aromatic hydroxyl groups is 1. The van der Waals surface area contributed by atoms with Crippen LogP contribution in [0.2, 0.25) is 0 Å². The number of aryl methyl sites for hydroxylation is 1. The van der Waals surface area contributed by atoms with Gasteiger partial charge in [0.25, 0.3) is 5.91 Å². The second kappa shape index (κ2) is 8.26. The first-order valence-corrected chi connectivity index (χ1v) is 10.8. The molecule has 0 radical (unpaired) electrons. The minimum Gasteiger partial charge on any atom is -0.508 e. The number of fused-ring (bicyclic) bond motifs is 1. The summed E-state index contributed by atoms with van der Waals surface area (Å²) in [4.78, 5) is 19.1. The van der Waals surface area contributed by atoms with E-state index in [0.29, 0.717) is 6.04 Å². The zero-order valence-corrected chi connectivity index (χ0v) is 16.4. The van der Waals surface area contributed by atoms with Crippen LogP contribution in [0.5, 0.6) is 5.75 Å². The van der Waals surface area contributed by atoms with Gasteiger partial charge < -0.3 is 10.4 Å². The van der Waals surface area contributed by atoms with Crippen molar-refractivity contribution in [1.82, 2.24) is 5.32 Å². The van der Waals surface area contributed by atoms with E-state index in [-0.39, 0.29) is 11.7 Å². The summed E-state index contributed by atoms with van der Waals surface area (Å²) in [5.41, 5.74) is 2.83. The van der Waals surface area contributed by atoms with Crippen LogP contribution in [0.25, 0.3) is 0 Å². The minimum absolute atomic E-state index is 0.0457. The third-order valence-corrected chi connectivity index (χ3v) is 6.72. The highest BCUT2D eigenvalue weighted by Gasteiger charge is 2.27. The molecule has 1 aromatic carbocycles. The quantitative estimate of drug-likeness (QED) is 0.719. The summed E-state index contributed by atoms with van der Waals surface area (Å²) in [6, 6.07) is 7.32. The first-order valence-electron chi connectivity index (χ1n) is 9.99. The molecule has 2 aliphatic carbocycles. The van der Waals surface area contributed by atoms with Crippen molar-refractivity contribution in [2.75, 3.05) is 0 Å². The van der Waals surface area contributed by atoms with E-state index in [2.05, 4.69) is 10.3 Å². The van der Waals surface area contributed by atoms with Gasteiger partial charge in [0.05, 0.1) is 5.56 Å². The molecule has 0 unspecified atom stereocenters. The van der Waals surface area contributed by atoms with Crippen molar-refractivity contribution in [3.05, 3.63) is 45.8 Å². The standard InChI is InChI=1S/C22H26N2O2S/c25-17-10-6-7-15(13-17)14-23-22-20(18-11-4-5-12-19(18)27-22)21(26)24-16-8-2-1-3-9-16/h6-7,10,13-14,16,25H,1-5,8-9,11-12H2,(H,24,26). The number of amides is 1. The van der Waals surface area contributed by atoms with Crippen molar-refractivity contribution in [2.45, 2.75) is 63.8 Å². The van der Waals surface area contributed by atoms with E-state index in [9.17, 15) is 9.90 Å². The Morgan fingerprint density at radius 1 is 1.15 bits per heavy atom. The Hall–Kier alpha value is -2.14. The van der Waals surface area contributed by atoms with Crippen molar-refractivity contribution in [3.8, 4) is 5.75 Å². The minimum atomic E-state index is 0.0457. The van der Waals surface area contributed by atoms with Gasteiger partial charge in [-0.1, -0.05) is 31.4 Å². The molecule has 1 fully saturated rings. The molecule has 1 heterocycles. The van der Waals surface area contributed by atoms with Gasteiger partial charge in [0.2, 0.25) is 0 Å². The van der Waals surface area contributed by atoms with Gasteiger partial charge in [-0.25, -0.2) is 4.99 Å². The van der Waals surface area contributed by atoms with Gasteiger partial charge >= 0.3 is 0 Å². The number of hydrogen-bond acceptors (Lipinski definition) is 4. The van der Waals surface area contributed by atoms with Crippen LogP contribution in [0.4, 0.5) is 5.00 Å². The Labute approximate surface area is 164 Å². The first kappa shape index (κ1) is 18.2. The van der Waals surface area contributed by atoms with Crippen LogP contribution in [0.1, 0.15) is 71.3 Å². The van der Waals surface area contributed by atoms with Crippen LogP contribution >= 0.6 is 11.3 Å². The molecule has 0 aliphatic heterocycles. The van der Waals surface area contributed by atoms with E-state index in [1.165, 1.54) is 36.1 Å². The summed E-state index contributed by atoms with van der Waals surface area (Å²) < 4.78 is 0. The number of phenols is 1. The maximum Gasteiger partial charge on any atom is 0.254 e. The van der Waals surface area contributed by atoms with Gasteiger partial charge in [0.15, 0.2) is 0 Å². The number of rotatable bonds is 4. The van der Waals surface area contributed by atoms with Crippen LogP contribution in [-0.2, 0) is 12.8 Å². The predicted octanol–water partition coefficient (Wildman–Crippen LogP) is 5.15. The first-order chi connectivity index (χ1) is 13.2. The Bertz CT molecular complexity index is 850. The summed E-state index contributed by atoms with van der Waals surface area (Å²) in [6.45, 7) is 0. The molecule has 1 saturated carbocycles. The van der Waals surface area contributed by atoms with Crippen LogP contribution < -0.4 is 5.32 Å². The number of nitrogens with one attached hydrogen (secondary N) is 1. The average molecular weight is 383 g/mol. The van der Waals surface area contributed by atoms with Crippen LogP contribution in [0, 0.1) is 0 Å². The second-order valence-electron chi connectivity index (χ2n) is 7.55. The normalized spacial score (nSPS) is 17.8. The lowest BCUT2D eigenvalue weighted by Crippen LogP contribution is -2.36. The fraction of sp³-hybridized carbons (Fsp3) is 0.455. The molecule has 2 aliphatic rings. The van der Waals surface area contributed by atoms with Gasteiger partial charge in [0.1, 0.15) is 10.8 Å².